The highest BCUT2D eigenvalue weighted by atomic mass is 16.6. The van der Waals surface area contributed by atoms with Crippen LogP contribution in [-0.2, 0) is 11.3 Å². The maximum absolute atomic E-state index is 12.3. The lowest BCUT2D eigenvalue weighted by molar-refractivity contribution is -0.384. The molecule has 1 heterocycles. The summed E-state index contributed by atoms with van der Waals surface area (Å²) >= 11 is 0. The van der Waals surface area contributed by atoms with Crippen LogP contribution in [0.2, 0.25) is 0 Å². The van der Waals surface area contributed by atoms with Crippen molar-refractivity contribution < 1.29 is 9.72 Å². The van der Waals surface area contributed by atoms with E-state index in [9.17, 15) is 14.9 Å². The predicted octanol–water partition coefficient (Wildman–Crippen LogP) is 1.55. The number of non-ortho nitro benzene ring substituents is 1. The first kappa shape index (κ1) is 14.5. The Labute approximate surface area is 117 Å². The molecule has 0 unspecified atom stereocenters. The van der Waals surface area contributed by atoms with Crippen molar-refractivity contribution in [3.05, 3.63) is 39.9 Å². The number of nitro groups is 1. The van der Waals surface area contributed by atoms with Crippen molar-refractivity contribution in [3.8, 4) is 0 Å². The molecule has 1 saturated heterocycles. The van der Waals surface area contributed by atoms with E-state index in [0.717, 1.165) is 31.5 Å². The largest absolute Gasteiger partial charge is 0.341 e. The van der Waals surface area contributed by atoms with Gasteiger partial charge in [-0.1, -0.05) is 12.1 Å². The van der Waals surface area contributed by atoms with E-state index in [1.807, 2.05) is 0 Å². The topological polar surface area (TPSA) is 75.5 Å². The lowest BCUT2D eigenvalue weighted by Crippen LogP contribution is -2.41. The van der Waals surface area contributed by atoms with Crippen molar-refractivity contribution in [2.24, 2.45) is 5.92 Å². The molecule has 0 saturated carbocycles. The number of amides is 1. The summed E-state index contributed by atoms with van der Waals surface area (Å²) in [6.45, 7) is 2.09. The van der Waals surface area contributed by atoms with Crippen LogP contribution in [0.3, 0.4) is 0 Å². The number of hydrogen-bond acceptors (Lipinski definition) is 4. The Morgan fingerprint density at radius 3 is 3.00 bits per heavy atom. The summed E-state index contributed by atoms with van der Waals surface area (Å²) in [5, 5.41) is 14.0. The number of carbonyl (C=O) groups is 1. The Morgan fingerprint density at radius 2 is 2.35 bits per heavy atom. The predicted molar refractivity (Wildman–Crippen MR) is 75.2 cm³/mol. The Bertz CT molecular complexity index is 498. The monoisotopic (exact) mass is 277 g/mol. The molecule has 1 aliphatic rings. The molecule has 0 spiro atoms. The summed E-state index contributed by atoms with van der Waals surface area (Å²) in [5.74, 6) is 0.121. The molecular weight excluding hydrogens is 258 g/mol. The molecule has 2 rings (SSSR count). The minimum atomic E-state index is -0.420. The van der Waals surface area contributed by atoms with Gasteiger partial charge in [-0.2, -0.15) is 0 Å². The van der Waals surface area contributed by atoms with Gasteiger partial charge in [0.15, 0.2) is 0 Å². The average Bonchev–Trinajstić information content (AvgIpc) is 2.47. The third-order valence-corrected chi connectivity index (χ3v) is 3.56. The molecule has 6 heteroatoms. The highest BCUT2D eigenvalue weighted by Gasteiger charge is 2.24. The smallest absolute Gasteiger partial charge is 0.269 e. The zero-order chi connectivity index (χ0) is 14.5. The summed E-state index contributed by atoms with van der Waals surface area (Å²) in [5.41, 5.74) is 0.835. The maximum Gasteiger partial charge on any atom is 0.269 e. The third-order valence-electron chi connectivity index (χ3n) is 3.56. The summed E-state index contributed by atoms with van der Waals surface area (Å²) in [6, 6.07) is 6.42. The van der Waals surface area contributed by atoms with E-state index < -0.39 is 4.92 Å². The van der Waals surface area contributed by atoms with Crippen LogP contribution in [0.1, 0.15) is 18.4 Å². The number of nitro benzene ring substituents is 1. The number of carbonyl (C=O) groups excluding carboxylic acids is 1. The highest BCUT2D eigenvalue weighted by molar-refractivity contribution is 5.79. The van der Waals surface area contributed by atoms with Gasteiger partial charge in [0.1, 0.15) is 0 Å². The van der Waals surface area contributed by atoms with Crippen molar-refractivity contribution in [3.63, 3.8) is 0 Å². The van der Waals surface area contributed by atoms with Gasteiger partial charge in [-0.05, 0) is 24.9 Å². The zero-order valence-corrected chi connectivity index (χ0v) is 11.5. The molecule has 108 valence electrons. The van der Waals surface area contributed by atoms with Crippen molar-refractivity contribution in [1.29, 1.82) is 0 Å². The van der Waals surface area contributed by atoms with Crippen LogP contribution in [-0.4, -0.2) is 35.9 Å². The van der Waals surface area contributed by atoms with Crippen LogP contribution >= 0.6 is 0 Å². The van der Waals surface area contributed by atoms with Crippen LogP contribution in [0.15, 0.2) is 24.3 Å². The van der Waals surface area contributed by atoms with Gasteiger partial charge in [0.2, 0.25) is 5.91 Å². The highest BCUT2D eigenvalue weighted by Crippen LogP contribution is 2.17. The van der Waals surface area contributed by atoms with Gasteiger partial charge < -0.3 is 10.2 Å². The Hall–Kier alpha value is -1.95. The summed E-state index contributed by atoms with van der Waals surface area (Å²) in [4.78, 5) is 24.2. The minimum Gasteiger partial charge on any atom is -0.341 e. The Balaban J connectivity index is 1.99. The zero-order valence-electron chi connectivity index (χ0n) is 11.5. The first-order chi connectivity index (χ1) is 9.58. The number of piperidine rings is 1. The first-order valence-electron chi connectivity index (χ1n) is 6.77. The average molecular weight is 277 g/mol. The maximum atomic E-state index is 12.3. The fourth-order valence-electron chi connectivity index (χ4n) is 2.49. The number of nitrogens with zero attached hydrogens (tertiary/aromatic N) is 2. The van der Waals surface area contributed by atoms with Gasteiger partial charge in [-0.25, -0.2) is 0 Å². The summed E-state index contributed by atoms with van der Waals surface area (Å²) in [7, 11) is 1.75. The van der Waals surface area contributed by atoms with Crippen molar-refractivity contribution in [2.45, 2.75) is 19.4 Å². The van der Waals surface area contributed by atoms with Crippen LogP contribution < -0.4 is 5.32 Å². The van der Waals surface area contributed by atoms with E-state index in [2.05, 4.69) is 5.32 Å². The van der Waals surface area contributed by atoms with Gasteiger partial charge in [0.25, 0.3) is 5.69 Å². The van der Waals surface area contributed by atoms with Gasteiger partial charge in [-0.15, -0.1) is 0 Å². The van der Waals surface area contributed by atoms with Crippen molar-refractivity contribution in [1.82, 2.24) is 10.2 Å². The van der Waals surface area contributed by atoms with E-state index in [0.29, 0.717) is 6.54 Å². The van der Waals surface area contributed by atoms with E-state index >= 15 is 0 Å². The molecule has 1 amide bonds. The van der Waals surface area contributed by atoms with Crippen molar-refractivity contribution >= 4 is 11.6 Å². The summed E-state index contributed by atoms with van der Waals surface area (Å²) in [6.07, 6.45) is 1.92. The SMILES string of the molecule is CN(Cc1cccc([N+](=O)[O-])c1)C(=O)[C@@H]1CCCNC1. The van der Waals surface area contributed by atoms with E-state index in [1.165, 1.54) is 12.1 Å². The van der Waals surface area contributed by atoms with E-state index in [1.54, 1.807) is 24.1 Å². The molecule has 0 aliphatic carbocycles. The van der Waals surface area contributed by atoms with Gasteiger partial charge in [-0.3, -0.25) is 14.9 Å². The molecule has 1 aliphatic heterocycles. The lowest BCUT2D eigenvalue weighted by atomic mass is 9.98. The molecule has 1 aromatic carbocycles. The molecule has 0 bridgehead atoms. The van der Waals surface area contributed by atoms with Crippen molar-refractivity contribution in [2.75, 3.05) is 20.1 Å². The molecular formula is C14H19N3O3. The molecule has 6 nitrogen and oxygen atoms in total. The van der Waals surface area contributed by atoms with Gasteiger partial charge in [0, 0.05) is 32.3 Å². The second kappa shape index (κ2) is 6.47. The Morgan fingerprint density at radius 1 is 1.55 bits per heavy atom. The molecule has 0 aromatic heterocycles. The molecule has 1 aromatic rings. The van der Waals surface area contributed by atoms with Crippen LogP contribution in [0.4, 0.5) is 5.69 Å². The van der Waals surface area contributed by atoms with E-state index in [4.69, 9.17) is 0 Å². The standard InChI is InChI=1S/C14H19N3O3/c1-16(14(18)12-5-3-7-15-9-12)10-11-4-2-6-13(8-11)17(19)20/h2,4,6,8,12,15H,3,5,7,9-10H2,1H3/t12-/m1/s1. The Kier molecular flexibility index (Phi) is 4.68. The second-order valence-corrected chi connectivity index (χ2v) is 5.16. The van der Waals surface area contributed by atoms with Gasteiger partial charge in [0.05, 0.1) is 10.8 Å². The van der Waals surface area contributed by atoms with Crippen LogP contribution in [0.25, 0.3) is 0 Å². The number of benzene rings is 1. The fraction of sp³-hybridized carbons (Fsp3) is 0.500. The first-order valence-corrected chi connectivity index (χ1v) is 6.77. The quantitative estimate of drug-likeness (QED) is 0.669. The third kappa shape index (κ3) is 3.54. The van der Waals surface area contributed by atoms with Crippen LogP contribution in [0, 0.1) is 16.0 Å². The molecule has 20 heavy (non-hydrogen) atoms. The minimum absolute atomic E-state index is 0.0208. The normalized spacial score (nSPS) is 18.6. The fourth-order valence-corrected chi connectivity index (χ4v) is 2.49. The molecule has 0 radical (unpaired) electrons. The summed E-state index contributed by atoms with van der Waals surface area (Å²) < 4.78 is 0. The number of rotatable bonds is 4. The number of hydrogen-bond donors (Lipinski definition) is 1. The molecule has 1 fully saturated rings. The second-order valence-electron chi connectivity index (χ2n) is 5.16. The number of nitrogens with one attached hydrogen (secondary N) is 1. The molecule has 1 N–H and O–H groups in total. The molecule has 1 atom stereocenters. The van der Waals surface area contributed by atoms with Crippen LogP contribution in [0.5, 0.6) is 0 Å². The lowest BCUT2D eigenvalue weighted by Gasteiger charge is -2.27. The van der Waals surface area contributed by atoms with E-state index in [-0.39, 0.29) is 17.5 Å². The van der Waals surface area contributed by atoms with Gasteiger partial charge >= 0.3 is 0 Å².